The standard InChI is InChI=1S/C13H20ClNOS/c1-3-6-12(15)13(4-2)17(16)11-8-5-7-10(14)9-11/h5,7-9,12-13H,3-4,6,15H2,1-2H3. The van der Waals surface area contributed by atoms with Gasteiger partial charge in [0.05, 0.1) is 16.0 Å². The summed E-state index contributed by atoms with van der Waals surface area (Å²) in [4.78, 5) is 0.774. The van der Waals surface area contributed by atoms with Crippen molar-refractivity contribution in [2.45, 2.75) is 49.3 Å². The minimum absolute atomic E-state index is 0.00779. The van der Waals surface area contributed by atoms with Crippen molar-refractivity contribution >= 4 is 22.4 Å². The Bertz CT molecular complexity index is 383. The van der Waals surface area contributed by atoms with Crippen LogP contribution in [0, 0.1) is 0 Å². The van der Waals surface area contributed by atoms with Crippen LogP contribution < -0.4 is 5.73 Å². The molecule has 0 heterocycles. The van der Waals surface area contributed by atoms with E-state index in [2.05, 4.69) is 6.92 Å². The van der Waals surface area contributed by atoms with Gasteiger partial charge in [-0.15, -0.1) is 0 Å². The van der Waals surface area contributed by atoms with Crippen molar-refractivity contribution in [1.82, 2.24) is 0 Å². The van der Waals surface area contributed by atoms with E-state index in [4.69, 9.17) is 17.3 Å². The lowest BCUT2D eigenvalue weighted by molar-refractivity contribution is 0.550. The second kappa shape index (κ2) is 7.14. The van der Waals surface area contributed by atoms with Gasteiger partial charge >= 0.3 is 0 Å². The molecule has 4 heteroatoms. The number of rotatable bonds is 6. The first-order valence-corrected chi connectivity index (χ1v) is 7.61. The van der Waals surface area contributed by atoms with Crippen LogP contribution in [-0.4, -0.2) is 15.5 Å². The van der Waals surface area contributed by atoms with Crippen LogP contribution in [0.1, 0.15) is 33.1 Å². The molecule has 0 aromatic heterocycles. The molecular weight excluding hydrogens is 254 g/mol. The maximum atomic E-state index is 12.4. The smallest absolute Gasteiger partial charge is 0.0576 e. The molecule has 2 N–H and O–H groups in total. The van der Waals surface area contributed by atoms with Crippen molar-refractivity contribution < 1.29 is 4.21 Å². The third-order valence-electron chi connectivity index (χ3n) is 2.81. The van der Waals surface area contributed by atoms with Crippen molar-refractivity contribution in [3.05, 3.63) is 29.3 Å². The fourth-order valence-electron chi connectivity index (χ4n) is 1.90. The van der Waals surface area contributed by atoms with Crippen LogP contribution in [0.2, 0.25) is 5.02 Å². The Kier molecular flexibility index (Phi) is 6.17. The summed E-state index contributed by atoms with van der Waals surface area (Å²) in [6.07, 6.45) is 2.75. The fourth-order valence-corrected chi connectivity index (χ4v) is 3.72. The molecule has 17 heavy (non-hydrogen) atoms. The van der Waals surface area contributed by atoms with Crippen molar-refractivity contribution in [3.8, 4) is 0 Å². The maximum Gasteiger partial charge on any atom is 0.0576 e. The second-order valence-electron chi connectivity index (χ2n) is 4.15. The molecular formula is C13H20ClNOS. The molecule has 0 fully saturated rings. The Balaban J connectivity index is 2.86. The largest absolute Gasteiger partial charge is 0.327 e. The number of hydrogen-bond donors (Lipinski definition) is 1. The molecule has 0 spiro atoms. The summed E-state index contributed by atoms with van der Waals surface area (Å²) in [7, 11) is -1.07. The molecule has 0 amide bonds. The molecule has 1 aromatic rings. The average molecular weight is 274 g/mol. The molecule has 0 radical (unpaired) electrons. The lowest BCUT2D eigenvalue weighted by atomic mass is 10.1. The van der Waals surface area contributed by atoms with E-state index >= 15 is 0 Å². The quantitative estimate of drug-likeness (QED) is 0.864. The third-order valence-corrected chi connectivity index (χ3v) is 4.99. The first-order valence-electron chi connectivity index (χ1n) is 6.01. The molecule has 0 aliphatic heterocycles. The Morgan fingerprint density at radius 2 is 2.12 bits per heavy atom. The minimum Gasteiger partial charge on any atom is -0.327 e. The number of hydrogen-bond acceptors (Lipinski definition) is 2. The van der Waals surface area contributed by atoms with Crippen LogP contribution in [0.4, 0.5) is 0 Å². The van der Waals surface area contributed by atoms with Gasteiger partial charge in [-0.25, -0.2) is 0 Å². The van der Waals surface area contributed by atoms with Gasteiger partial charge < -0.3 is 5.73 Å². The van der Waals surface area contributed by atoms with Crippen molar-refractivity contribution in [2.75, 3.05) is 0 Å². The van der Waals surface area contributed by atoms with Crippen molar-refractivity contribution in [2.24, 2.45) is 5.73 Å². The fraction of sp³-hybridized carbons (Fsp3) is 0.538. The molecule has 0 aliphatic carbocycles. The predicted octanol–water partition coefficient (Wildman–Crippen LogP) is 3.35. The molecule has 1 aromatic carbocycles. The highest BCUT2D eigenvalue weighted by atomic mass is 35.5. The van der Waals surface area contributed by atoms with Crippen LogP contribution >= 0.6 is 11.6 Å². The van der Waals surface area contributed by atoms with E-state index in [0.29, 0.717) is 5.02 Å². The van der Waals surface area contributed by atoms with E-state index < -0.39 is 10.8 Å². The van der Waals surface area contributed by atoms with Gasteiger partial charge in [-0.3, -0.25) is 4.21 Å². The van der Waals surface area contributed by atoms with Gasteiger partial charge in [0, 0.05) is 16.0 Å². The van der Waals surface area contributed by atoms with Crippen LogP contribution in [-0.2, 0) is 10.8 Å². The average Bonchev–Trinajstić information content (AvgIpc) is 2.30. The van der Waals surface area contributed by atoms with E-state index in [1.165, 1.54) is 0 Å². The highest BCUT2D eigenvalue weighted by molar-refractivity contribution is 7.85. The third kappa shape index (κ3) is 4.09. The van der Waals surface area contributed by atoms with Crippen LogP contribution in [0.3, 0.4) is 0 Å². The van der Waals surface area contributed by atoms with Gasteiger partial charge in [-0.1, -0.05) is 37.9 Å². The zero-order chi connectivity index (χ0) is 12.8. The highest BCUT2D eigenvalue weighted by Gasteiger charge is 2.23. The normalized spacial score (nSPS) is 16.5. The van der Waals surface area contributed by atoms with Crippen molar-refractivity contribution in [3.63, 3.8) is 0 Å². The second-order valence-corrected chi connectivity index (χ2v) is 6.26. The summed E-state index contributed by atoms with van der Waals surface area (Å²) in [5, 5.41) is 0.628. The topological polar surface area (TPSA) is 43.1 Å². The van der Waals surface area contributed by atoms with Gasteiger partial charge in [0.2, 0.25) is 0 Å². The van der Waals surface area contributed by atoms with E-state index in [9.17, 15) is 4.21 Å². The van der Waals surface area contributed by atoms with E-state index in [1.807, 2.05) is 19.1 Å². The Hall–Kier alpha value is -0.380. The Morgan fingerprint density at radius 3 is 2.65 bits per heavy atom. The van der Waals surface area contributed by atoms with E-state index in [1.54, 1.807) is 12.1 Å². The SMILES string of the molecule is CCCC(N)C(CC)S(=O)c1cccc(Cl)c1. The first kappa shape index (κ1) is 14.7. The summed E-state index contributed by atoms with van der Waals surface area (Å²) in [5.74, 6) is 0. The molecule has 0 saturated heterocycles. The van der Waals surface area contributed by atoms with Crippen LogP contribution in [0.25, 0.3) is 0 Å². The number of halogens is 1. The summed E-state index contributed by atoms with van der Waals surface area (Å²) < 4.78 is 12.4. The van der Waals surface area contributed by atoms with E-state index in [0.717, 1.165) is 24.2 Å². The van der Waals surface area contributed by atoms with Gasteiger partial charge in [-0.2, -0.15) is 0 Å². The Morgan fingerprint density at radius 1 is 1.41 bits per heavy atom. The molecule has 1 rings (SSSR count). The molecule has 0 saturated carbocycles. The van der Waals surface area contributed by atoms with Gasteiger partial charge in [0.1, 0.15) is 0 Å². The summed E-state index contributed by atoms with van der Waals surface area (Å²) in [5.41, 5.74) is 6.09. The summed E-state index contributed by atoms with van der Waals surface area (Å²) in [6, 6.07) is 7.22. The highest BCUT2D eigenvalue weighted by Crippen LogP contribution is 2.20. The van der Waals surface area contributed by atoms with Gasteiger partial charge in [0.15, 0.2) is 0 Å². The minimum atomic E-state index is -1.07. The molecule has 96 valence electrons. The number of benzene rings is 1. The maximum absolute atomic E-state index is 12.4. The molecule has 0 bridgehead atoms. The van der Waals surface area contributed by atoms with Gasteiger partial charge in [0.25, 0.3) is 0 Å². The number of nitrogens with two attached hydrogens (primary N) is 1. The zero-order valence-electron chi connectivity index (χ0n) is 10.4. The zero-order valence-corrected chi connectivity index (χ0v) is 11.9. The monoisotopic (exact) mass is 273 g/mol. The van der Waals surface area contributed by atoms with E-state index in [-0.39, 0.29) is 11.3 Å². The van der Waals surface area contributed by atoms with Crippen LogP contribution in [0.15, 0.2) is 29.2 Å². The van der Waals surface area contributed by atoms with Gasteiger partial charge in [-0.05, 0) is 31.0 Å². The summed E-state index contributed by atoms with van der Waals surface area (Å²) >= 11 is 5.91. The van der Waals surface area contributed by atoms with Crippen molar-refractivity contribution in [1.29, 1.82) is 0 Å². The van der Waals surface area contributed by atoms with Crippen LogP contribution in [0.5, 0.6) is 0 Å². The first-order chi connectivity index (χ1) is 8.10. The Labute approximate surface area is 111 Å². The molecule has 3 unspecified atom stereocenters. The lowest BCUT2D eigenvalue weighted by Crippen LogP contribution is -2.37. The molecule has 3 atom stereocenters. The molecule has 0 aliphatic rings. The molecule has 2 nitrogen and oxygen atoms in total. The predicted molar refractivity (Wildman–Crippen MR) is 74.8 cm³/mol. The lowest BCUT2D eigenvalue weighted by Gasteiger charge is -2.21. The summed E-state index contributed by atoms with van der Waals surface area (Å²) in [6.45, 7) is 4.12.